The van der Waals surface area contributed by atoms with Crippen molar-refractivity contribution in [2.75, 3.05) is 7.11 Å². The second-order valence-electron chi connectivity index (χ2n) is 5.32. The van der Waals surface area contributed by atoms with Crippen LogP contribution in [0.5, 0.6) is 0 Å². The highest BCUT2D eigenvalue weighted by Crippen LogP contribution is 2.28. The van der Waals surface area contributed by atoms with Gasteiger partial charge < -0.3 is 9.15 Å². The number of benzene rings is 1. The number of ether oxygens (including phenoxy) is 1. The summed E-state index contributed by atoms with van der Waals surface area (Å²) in [6.07, 6.45) is 1.52. The molecule has 0 aliphatic rings. The Bertz CT molecular complexity index is 1030. The van der Waals surface area contributed by atoms with Crippen molar-refractivity contribution in [2.45, 2.75) is 6.92 Å². The van der Waals surface area contributed by atoms with Crippen LogP contribution in [0.3, 0.4) is 0 Å². The quantitative estimate of drug-likeness (QED) is 0.493. The zero-order valence-corrected chi connectivity index (χ0v) is 14.8. The molecular weight excluding hydrogens is 355 g/mol. The van der Waals surface area contributed by atoms with Crippen molar-refractivity contribution >= 4 is 29.0 Å². The van der Waals surface area contributed by atoms with Gasteiger partial charge in [0.1, 0.15) is 34.0 Å². The second kappa shape index (κ2) is 7.33. The Labute approximate surface area is 153 Å². The second-order valence-corrected chi connectivity index (χ2v) is 6.18. The van der Waals surface area contributed by atoms with E-state index >= 15 is 0 Å². The number of rotatable bonds is 4. The highest BCUT2D eigenvalue weighted by molar-refractivity contribution is 7.11. The molecule has 0 N–H and O–H groups in total. The van der Waals surface area contributed by atoms with Crippen LogP contribution in [0.15, 0.2) is 40.1 Å². The summed E-state index contributed by atoms with van der Waals surface area (Å²) < 4.78 is 23.2. The smallest absolute Gasteiger partial charge is 0.341 e. The molecule has 7 heteroatoms. The van der Waals surface area contributed by atoms with E-state index in [1.165, 1.54) is 42.7 Å². The largest absolute Gasteiger partial charge is 0.465 e. The fraction of sp³-hybridized carbons (Fsp3) is 0.105. The molecule has 0 bridgehead atoms. The molecule has 0 saturated heterocycles. The van der Waals surface area contributed by atoms with E-state index in [0.29, 0.717) is 33.4 Å². The number of aromatic nitrogens is 1. The predicted molar refractivity (Wildman–Crippen MR) is 95.8 cm³/mol. The highest BCUT2D eigenvalue weighted by atomic mass is 32.1. The van der Waals surface area contributed by atoms with Gasteiger partial charge in [0, 0.05) is 17.0 Å². The zero-order chi connectivity index (χ0) is 18.7. The molecule has 26 heavy (non-hydrogen) atoms. The topological polar surface area (TPSA) is 76.1 Å². The van der Waals surface area contributed by atoms with Crippen LogP contribution < -0.4 is 0 Å². The van der Waals surface area contributed by atoms with E-state index in [2.05, 4.69) is 15.8 Å². The van der Waals surface area contributed by atoms with Gasteiger partial charge in [-0.15, -0.1) is 11.3 Å². The number of carbonyl (C=O) groups excluding carboxylic acids is 1. The van der Waals surface area contributed by atoms with Crippen LogP contribution in [-0.4, -0.2) is 18.1 Å². The number of hydrogen-bond donors (Lipinski definition) is 0. The number of carbonyl (C=O) groups is 1. The van der Waals surface area contributed by atoms with Crippen LogP contribution in [0.2, 0.25) is 0 Å². The molecule has 0 saturated carbocycles. The van der Waals surface area contributed by atoms with E-state index in [-0.39, 0.29) is 5.82 Å². The minimum absolute atomic E-state index is 0.300. The Morgan fingerprint density at radius 1 is 1.38 bits per heavy atom. The van der Waals surface area contributed by atoms with Gasteiger partial charge in [-0.1, -0.05) is 0 Å². The minimum atomic E-state index is -0.503. The van der Waals surface area contributed by atoms with Crippen molar-refractivity contribution in [3.63, 3.8) is 0 Å². The van der Waals surface area contributed by atoms with E-state index in [4.69, 9.17) is 4.42 Å². The molecule has 0 atom stereocenters. The van der Waals surface area contributed by atoms with E-state index in [0.717, 1.165) is 5.56 Å². The summed E-state index contributed by atoms with van der Waals surface area (Å²) in [5.41, 5.74) is 2.01. The van der Waals surface area contributed by atoms with Gasteiger partial charge in [0.15, 0.2) is 0 Å². The number of nitrogens with zero attached hydrogens (tertiary/aromatic N) is 2. The van der Waals surface area contributed by atoms with Gasteiger partial charge in [0.2, 0.25) is 0 Å². The number of nitriles is 1. The summed E-state index contributed by atoms with van der Waals surface area (Å²) in [6, 6.07) is 9.57. The van der Waals surface area contributed by atoms with Crippen molar-refractivity contribution in [1.29, 1.82) is 5.26 Å². The third kappa shape index (κ3) is 3.55. The van der Waals surface area contributed by atoms with E-state index < -0.39 is 5.97 Å². The maximum absolute atomic E-state index is 13.0. The summed E-state index contributed by atoms with van der Waals surface area (Å²) >= 11 is 1.29. The summed E-state index contributed by atoms with van der Waals surface area (Å²) in [4.78, 5) is 16.1. The van der Waals surface area contributed by atoms with Gasteiger partial charge in [-0.05, 0) is 37.3 Å². The lowest BCUT2D eigenvalue weighted by atomic mass is 10.2. The number of furan rings is 1. The van der Waals surface area contributed by atoms with Crippen molar-refractivity contribution in [3.8, 4) is 17.3 Å². The summed E-state index contributed by atoms with van der Waals surface area (Å²) in [7, 11) is 1.29. The first-order valence-corrected chi connectivity index (χ1v) is 8.42. The molecule has 0 aliphatic carbocycles. The number of halogens is 1. The van der Waals surface area contributed by atoms with Crippen LogP contribution in [0.25, 0.3) is 22.9 Å². The molecule has 0 spiro atoms. The highest BCUT2D eigenvalue weighted by Gasteiger charge is 2.16. The summed E-state index contributed by atoms with van der Waals surface area (Å²) in [5.74, 6) is -0.0572. The van der Waals surface area contributed by atoms with E-state index in [9.17, 15) is 14.4 Å². The number of methoxy groups -OCH3 is 1. The van der Waals surface area contributed by atoms with E-state index in [1.807, 2.05) is 0 Å². The monoisotopic (exact) mass is 368 g/mol. The lowest BCUT2D eigenvalue weighted by Crippen LogP contribution is -2.00. The predicted octanol–water partition coefficient (Wildman–Crippen LogP) is 4.70. The molecule has 0 fully saturated rings. The molecule has 3 aromatic rings. The zero-order valence-electron chi connectivity index (χ0n) is 13.9. The van der Waals surface area contributed by atoms with Crippen LogP contribution in [0, 0.1) is 24.1 Å². The normalized spacial score (nSPS) is 11.2. The number of thiazole rings is 1. The van der Waals surface area contributed by atoms with Gasteiger partial charge in [-0.3, -0.25) is 0 Å². The van der Waals surface area contributed by atoms with Crippen molar-refractivity contribution in [3.05, 3.63) is 63.6 Å². The number of aryl methyl sites for hydroxylation is 1. The first-order valence-electron chi connectivity index (χ1n) is 7.54. The summed E-state index contributed by atoms with van der Waals surface area (Å²) in [5, 5.41) is 11.7. The number of allylic oxidation sites excluding steroid dienone is 1. The lowest BCUT2D eigenvalue weighted by molar-refractivity contribution is 0.0599. The molecule has 0 aliphatic heterocycles. The van der Waals surface area contributed by atoms with Crippen molar-refractivity contribution in [2.24, 2.45) is 0 Å². The Morgan fingerprint density at radius 2 is 2.12 bits per heavy atom. The van der Waals surface area contributed by atoms with Gasteiger partial charge in [-0.25, -0.2) is 14.2 Å². The Kier molecular flexibility index (Phi) is 4.96. The number of hydrogen-bond acceptors (Lipinski definition) is 6. The average Bonchev–Trinajstić information content (AvgIpc) is 3.26. The molecule has 2 heterocycles. The lowest BCUT2D eigenvalue weighted by Gasteiger charge is -1.96. The number of esters is 1. The minimum Gasteiger partial charge on any atom is -0.465 e. The SMILES string of the molecule is COC(=O)c1cc(C=C(C#N)c2nc(-c3ccc(F)cc3)cs2)oc1C. The van der Waals surface area contributed by atoms with Crippen LogP contribution in [0.4, 0.5) is 4.39 Å². The standard InChI is InChI=1S/C19H13FN2O3S/c1-11-16(19(23)24-2)8-15(25-11)7-13(9-21)18-22-17(10-26-18)12-3-5-14(20)6-4-12/h3-8,10H,1-2H3. The maximum atomic E-state index is 13.0. The molecule has 130 valence electrons. The molecule has 2 aromatic heterocycles. The van der Waals surface area contributed by atoms with E-state index in [1.54, 1.807) is 24.4 Å². The molecule has 0 radical (unpaired) electrons. The molecule has 0 amide bonds. The Balaban J connectivity index is 1.92. The maximum Gasteiger partial charge on any atom is 0.341 e. The third-order valence-corrected chi connectivity index (χ3v) is 4.50. The van der Waals surface area contributed by atoms with Gasteiger partial charge in [-0.2, -0.15) is 5.26 Å². The summed E-state index contributed by atoms with van der Waals surface area (Å²) in [6.45, 7) is 1.64. The first-order chi connectivity index (χ1) is 12.5. The van der Waals surface area contributed by atoms with Crippen molar-refractivity contribution < 1.29 is 18.3 Å². The van der Waals surface area contributed by atoms with Gasteiger partial charge in [0.25, 0.3) is 0 Å². The Morgan fingerprint density at radius 3 is 2.77 bits per heavy atom. The molecule has 5 nitrogen and oxygen atoms in total. The van der Waals surface area contributed by atoms with Gasteiger partial charge >= 0.3 is 5.97 Å². The van der Waals surface area contributed by atoms with Crippen LogP contribution in [-0.2, 0) is 4.74 Å². The van der Waals surface area contributed by atoms with Gasteiger partial charge in [0.05, 0.1) is 18.4 Å². The first kappa shape index (κ1) is 17.6. The van der Waals surface area contributed by atoms with Crippen molar-refractivity contribution in [1.82, 2.24) is 4.98 Å². The molecule has 3 rings (SSSR count). The van der Waals surface area contributed by atoms with Crippen LogP contribution in [0.1, 0.15) is 26.9 Å². The average molecular weight is 368 g/mol. The molecule has 0 unspecified atom stereocenters. The fourth-order valence-electron chi connectivity index (χ4n) is 2.32. The molecular formula is C19H13FN2O3S. The molecule has 1 aromatic carbocycles. The Hall–Kier alpha value is -3.24. The fourth-order valence-corrected chi connectivity index (χ4v) is 3.12. The third-order valence-electron chi connectivity index (χ3n) is 3.62. The van der Waals surface area contributed by atoms with Crippen LogP contribution >= 0.6 is 11.3 Å².